The Morgan fingerprint density at radius 3 is 2.88 bits per heavy atom. The zero-order chi connectivity index (χ0) is 22.8. The molecule has 5 rings (SSSR count). The summed E-state index contributed by atoms with van der Waals surface area (Å²) in [6.45, 7) is 1.19. The number of hydrogen-bond acceptors (Lipinski definition) is 6. The number of carbonyl (C=O) groups excluding carboxylic acids is 1. The highest BCUT2D eigenvalue weighted by Crippen LogP contribution is 2.26. The molecular formula is C24H24FN7O. The van der Waals surface area contributed by atoms with Crippen molar-refractivity contribution < 1.29 is 9.18 Å². The van der Waals surface area contributed by atoms with Crippen molar-refractivity contribution in [3.05, 3.63) is 66.4 Å². The number of carbonyl (C=O) groups is 1. The van der Waals surface area contributed by atoms with Crippen LogP contribution >= 0.6 is 0 Å². The van der Waals surface area contributed by atoms with E-state index in [0.29, 0.717) is 24.3 Å². The number of fused-ring (bicyclic) bond motifs is 1. The van der Waals surface area contributed by atoms with Crippen molar-refractivity contribution in [2.75, 3.05) is 18.4 Å². The van der Waals surface area contributed by atoms with Crippen LogP contribution in [0.15, 0.2) is 54.9 Å². The Labute approximate surface area is 190 Å². The number of anilines is 1. The molecule has 0 saturated carbocycles. The zero-order valence-electron chi connectivity index (χ0n) is 18.3. The minimum Gasteiger partial charge on any atom is -0.367 e. The molecule has 1 fully saturated rings. The van der Waals surface area contributed by atoms with Crippen LogP contribution in [0, 0.1) is 5.82 Å². The highest BCUT2D eigenvalue weighted by Gasteiger charge is 2.31. The van der Waals surface area contributed by atoms with E-state index in [2.05, 4.69) is 25.5 Å². The topological polar surface area (TPSA) is 88.8 Å². The molecule has 9 heteroatoms. The average Bonchev–Trinajstić information content (AvgIpc) is 3.24. The van der Waals surface area contributed by atoms with Gasteiger partial charge >= 0.3 is 0 Å². The van der Waals surface area contributed by atoms with E-state index in [1.54, 1.807) is 25.5 Å². The number of piperidine rings is 1. The number of aryl methyl sites for hydroxylation is 1. The van der Waals surface area contributed by atoms with E-state index in [1.165, 1.54) is 16.9 Å². The van der Waals surface area contributed by atoms with Gasteiger partial charge in [-0.1, -0.05) is 24.3 Å². The Kier molecular flexibility index (Phi) is 5.68. The molecule has 168 valence electrons. The van der Waals surface area contributed by atoms with Gasteiger partial charge in [0.05, 0.1) is 5.52 Å². The maximum atomic E-state index is 13.8. The van der Waals surface area contributed by atoms with E-state index >= 15 is 0 Å². The van der Waals surface area contributed by atoms with Gasteiger partial charge < -0.3 is 10.2 Å². The zero-order valence-corrected chi connectivity index (χ0v) is 18.3. The molecule has 1 atom stereocenters. The number of aromatic nitrogens is 5. The van der Waals surface area contributed by atoms with E-state index < -0.39 is 0 Å². The molecule has 0 aliphatic carbocycles. The minimum atomic E-state index is -0.381. The lowest BCUT2D eigenvalue weighted by atomic mass is 10.0. The van der Waals surface area contributed by atoms with Gasteiger partial charge in [0.25, 0.3) is 5.91 Å². The molecule has 1 unspecified atom stereocenters. The lowest BCUT2D eigenvalue weighted by Crippen LogP contribution is -2.47. The van der Waals surface area contributed by atoms with Crippen molar-refractivity contribution in [1.82, 2.24) is 29.9 Å². The largest absolute Gasteiger partial charge is 0.367 e. The fraction of sp³-hybridized carbons (Fsp3) is 0.292. The lowest BCUT2D eigenvalue weighted by molar-refractivity contribution is 0.0622. The van der Waals surface area contributed by atoms with Crippen molar-refractivity contribution in [3.63, 3.8) is 0 Å². The second kappa shape index (κ2) is 8.93. The number of nitrogens with zero attached hydrogens (tertiary/aromatic N) is 6. The van der Waals surface area contributed by atoms with E-state index in [0.717, 1.165) is 36.0 Å². The average molecular weight is 446 g/mol. The van der Waals surface area contributed by atoms with Crippen LogP contribution in [-0.4, -0.2) is 54.9 Å². The van der Waals surface area contributed by atoms with Gasteiger partial charge in [0.1, 0.15) is 23.7 Å². The molecule has 33 heavy (non-hydrogen) atoms. The molecule has 1 N–H and O–H groups in total. The van der Waals surface area contributed by atoms with E-state index in [-0.39, 0.29) is 23.5 Å². The van der Waals surface area contributed by atoms with Crippen LogP contribution in [0.4, 0.5) is 10.2 Å². The summed E-state index contributed by atoms with van der Waals surface area (Å²) < 4.78 is 13.8. The molecule has 8 nitrogen and oxygen atoms in total. The third kappa shape index (κ3) is 4.26. The summed E-state index contributed by atoms with van der Waals surface area (Å²) in [5, 5.41) is 13.0. The monoisotopic (exact) mass is 445 g/mol. The maximum absolute atomic E-state index is 13.8. The van der Waals surface area contributed by atoms with Crippen molar-refractivity contribution in [3.8, 4) is 11.3 Å². The second-order valence-electron chi connectivity index (χ2n) is 8.17. The summed E-state index contributed by atoms with van der Waals surface area (Å²) in [6.07, 6.45) is 4.38. The number of rotatable bonds is 5. The Morgan fingerprint density at radius 2 is 2.00 bits per heavy atom. The van der Waals surface area contributed by atoms with Crippen LogP contribution in [-0.2, 0) is 7.05 Å². The van der Waals surface area contributed by atoms with Gasteiger partial charge in [-0.25, -0.2) is 14.4 Å². The SMILES string of the molecule is Cn1nc(C(=O)N2CCCCC2CNc2ncnc3ccccc23)c(-c2cccc(F)c2)n1. The van der Waals surface area contributed by atoms with Crippen molar-refractivity contribution >= 4 is 22.6 Å². The number of halogens is 1. The molecule has 1 aliphatic heterocycles. The number of para-hydroxylation sites is 1. The molecule has 3 heterocycles. The molecule has 2 aromatic carbocycles. The normalized spacial score (nSPS) is 16.2. The summed E-state index contributed by atoms with van der Waals surface area (Å²) in [6, 6.07) is 13.9. The number of hydrogen-bond donors (Lipinski definition) is 1. The molecule has 0 radical (unpaired) electrons. The smallest absolute Gasteiger partial charge is 0.277 e. The predicted octanol–water partition coefficient (Wildman–Crippen LogP) is 3.67. The highest BCUT2D eigenvalue weighted by atomic mass is 19.1. The van der Waals surface area contributed by atoms with Crippen LogP contribution < -0.4 is 5.32 Å². The van der Waals surface area contributed by atoms with Gasteiger partial charge in [-0.2, -0.15) is 9.90 Å². The van der Waals surface area contributed by atoms with E-state index in [9.17, 15) is 9.18 Å². The van der Waals surface area contributed by atoms with Crippen LogP contribution in [0.5, 0.6) is 0 Å². The Hall–Kier alpha value is -3.88. The first kappa shape index (κ1) is 21.0. The van der Waals surface area contributed by atoms with Gasteiger partial charge in [0.2, 0.25) is 0 Å². The summed E-state index contributed by atoms with van der Waals surface area (Å²) in [4.78, 5) is 25.5. The molecule has 2 aromatic heterocycles. The fourth-order valence-corrected chi connectivity index (χ4v) is 4.36. The van der Waals surface area contributed by atoms with E-state index in [4.69, 9.17) is 0 Å². The Bertz CT molecular complexity index is 1300. The molecule has 0 bridgehead atoms. The third-order valence-electron chi connectivity index (χ3n) is 5.95. The van der Waals surface area contributed by atoms with Gasteiger partial charge in [-0.05, 0) is 43.5 Å². The summed E-state index contributed by atoms with van der Waals surface area (Å²) in [5.41, 5.74) is 2.03. The molecule has 1 amide bonds. The maximum Gasteiger partial charge on any atom is 0.277 e. The number of nitrogens with one attached hydrogen (secondary N) is 1. The van der Waals surface area contributed by atoms with E-state index in [1.807, 2.05) is 29.2 Å². The van der Waals surface area contributed by atoms with Crippen LogP contribution in [0.25, 0.3) is 22.2 Å². The fourth-order valence-electron chi connectivity index (χ4n) is 4.36. The van der Waals surface area contributed by atoms with Gasteiger partial charge in [-0.3, -0.25) is 4.79 Å². The summed E-state index contributed by atoms with van der Waals surface area (Å²) in [7, 11) is 1.66. The quantitative estimate of drug-likeness (QED) is 0.504. The lowest BCUT2D eigenvalue weighted by Gasteiger charge is -2.35. The molecular weight excluding hydrogens is 421 g/mol. The van der Waals surface area contributed by atoms with Crippen LogP contribution in [0.1, 0.15) is 29.8 Å². The molecule has 1 saturated heterocycles. The Balaban J connectivity index is 1.40. The second-order valence-corrected chi connectivity index (χ2v) is 8.17. The molecule has 0 spiro atoms. The molecule has 1 aliphatic rings. The number of benzene rings is 2. The Morgan fingerprint density at radius 1 is 1.12 bits per heavy atom. The predicted molar refractivity (Wildman–Crippen MR) is 123 cm³/mol. The number of likely N-dealkylation sites (tertiary alicyclic amines) is 1. The van der Waals surface area contributed by atoms with Gasteiger partial charge in [0.15, 0.2) is 5.69 Å². The first-order chi connectivity index (χ1) is 16.1. The van der Waals surface area contributed by atoms with Crippen molar-refractivity contribution in [2.24, 2.45) is 7.05 Å². The summed E-state index contributed by atoms with van der Waals surface area (Å²) >= 11 is 0. The number of amides is 1. The van der Waals surface area contributed by atoms with Crippen LogP contribution in [0.3, 0.4) is 0 Å². The highest BCUT2D eigenvalue weighted by molar-refractivity contribution is 5.98. The first-order valence-electron chi connectivity index (χ1n) is 11.0. The van der Waals surface area contributed by atoms with Crippen molar-refractivity contribution in [1.29, 1.82) is 0 Å². The van der Waals surface area contributed by atoms with Gasteiger partial charge in [0, 0.05) is 37.1 Å². The summed E-state index contributed by atoms with van der Waals surface area (Å²) in [5.74, 6) is 0.175. The third-order valence-corrected chi connectivity index (χ3v) is 5.95. The minimum absolute atomic E-state index is 0.0256. The first-order valence-corrected chi connectivity index (χ1v) is 11.0. The van der Waals surface area contributed by atoms with Crippen LogP contribution in [0.2, 0.25) is 0 Å². The molecule has 4 aromatic rings. The van der Waals surface area contributed by atoms with Crippen molar-refractivity contribution in [2.45, 2.75) is 25.3 Å². The van der Waals surface area contributed by atoms with Gasteiger partial charge in [-0.15, -0.1) is 5.10 Å². The standard InChI is InChI=1S/C24H24FN7O/c1-31-29-21(16-7-6-8-17(25)13-16)22(30-31)24(33)32-12-5-4-9-18(32)14-26-23-19-10-2-3-11-20(19)27-15-28-23/h2-3,6-8,10-11,13,15,18H,4-5,9,12,14H2,1H3,(H,26,27,28).